The van der Waals surface area contributed by atoms with Crippen LogP contribution in [0, 0.1) is 0 Å². The van der Waals surface area contributed by atoms with Crippen molar-refractivity contribution in [2.45, 2.75) is 31.2 Å². The highest BCUT2D eigenvalue weighted by atomic mass is 16.5. The number of hydrogen-bond donors (Lipinski definition) is 2. The predicted molar refractivity (Wildman–Crippen MR) is 70.0 cm³/mol. The molecular weight excluding hydrogens is 228 g/mol. The summed E-state index contributed by atoms with van der Waals surface area (Å²) in [6.07, 6.45) is 2.94. The third-order valence-corrected chi connectivity index (χ3v) is 3.92. The Morgan fingerprint density at radius 3 is 3.00 bits per heavy atom. The molecule has 4 nitrogen and oxygen atoms in total. The third kappa shape index (κ3) is 1.97. The first-order chi connectivity index (χ1) is 8.78. The second-order valence-corrected chi connectivity index (χ2v) is 5.01. The Hall–Kier alpha value is -1.55. The average Bonchev–Trinajstić information content (AvgIpc) is 2.90. The Morgan fingerprint density at radius 1 is 1.39 bits per heavy atom. The molecule has 2 heterocycles. The van der Waals surface area contributed by atoms with Crippen molar-refractivity contribution in [3.05, 3.63) is 23.8 Å². The quantitative estimate of drug-likeness (QED) is 0.837. The van der Waals surface area contributed by atoms with Gasteiger partial charge in [-0.15, -0.1) is 0 Å². The average molecular weight is 246 g/mol. The number of benzene rings is 1. The number of amides is 1. The number of fused-ring (bicyclic) bond motifs is 1. The van der Waals surface area contributed by atoms with E-state index in [0.717, 1.165) is 24.4 Å². The van der Waals surface area contributed by atoms with Crippen LogP contribution in [-0.4, -0.2) is 25.6 Å². The first kappa shape index (κ1) is 11.5. The predicted octanol–water partition coefficient (Wildman–Crippen LogP) is 1.87. The first-order valence-corrected chi connectivity index (χ1v) is 6.49. The second kappa shape index (κ2) is 4.61. The number of carbonyl (C=O) groups is 1. The van der Waals surface area contributed by atoms with Gasteiger partial charge in [-0.1, -0.05) is 6.07 Å². The summed E-state index contributed by atoms with van der Waals surface area (Å²) in [4.78, 5) is 11.8. The topological polar surface area (TPSA) is 50.4 Å². The highest BCUT2D eigenvalue weighted by Gasteiger charge is 2.33. The van der Waals surface area contributed by atoms with Gasteiger partial charge in [0.05, 0.1) is 7.11 Å². The van der Waals surface area contributed by atoms with Gasteiger partial charge in [0.25, 0.3) is 0 Å². The van der Waals surface area contributed by atoms with Crippen molar-refractivity contribution in [1.29, 1.82) is 0 Å². The first-order valence-electron chi connectivity index (χ1n) is 6.49. The fourth-order valence-corrected chi connectivity index (χ4v) is 3.02. The Balaban J connectivity index is 1.96. The monoisotopic (exact) mass is 246 g/mol. The fraction of sp³-hybridized carbons (Fsp3) is 0.500. The summed E-state index contributed by atoms with van der Waals surface area (Å²) >= 11 is 0. The smallest absolute Gasteiger partial charge is 0.225 e. The van der Waals surface area contributed by atoms with Crippen molar-refractivity contribution in [2.75, 3.05) is 19.0 Å². The van der Waals surface area contributed by atoms with Gasteiger partial charge >= 0.3 is 0 Å². The van der Waals surface area contributed by atoms with Crippen LogP contribution in [0.1, 0.15) is 30.7 Å². The molecule has 2 N–H and O–H groups in total. The van der Waals surface area contributed by atoms with Gasteiger partial charge in [0.1, 0.15) is 5.75 Å². The van der Waals surface area contributed by atoms with Crippen molar-refractivity contribution < 1.29 is 9.53 Å². The number of ether oxygens (including phenoxy) is 1. The van der Waals surface area contributed by atoms with Gasteiger partial charge < -0.3 is 15.4 Å². The maximum absolute atomic E-state index is 11.8. The van der Waals surface area contributed by atoms with Gasteiger partial charge in [-0.3, -0.25) is 4.79 Å². The number of methoxy groups -OCH3 is 1. The van der Waals surface area contributed by atoms with Crippen molar-refractivity contribution in [3.63, 3.8) is 0 Å². The van der Waals surface area contributed by atoms with Crippen LogP contribution in [0.5, 0.6) is 5.75 Å². The summed E-state index contributed by atoms with van der Waals surface area (Å²) in [5, 5.41) is 6.45. The molecule has 2 aliphatic rings. The minimum Gasteiger partial charge on any atom is -0.497 e. The molecule has 96 valence electrons. The van der Waals surface area contributed by atoms with Crippen LogP contribution in [0.3, 0.4) is 0 Å². The molecule has 2 atom stereocenters. The Morgan fingerprint density at radius 2 is 2.28 bits per heavy atom. The SMILES string of the molecule is COc1ccc2c(c1)NC(=O)CC2C1CCCN1. The summed E-state index contributed by atoms with van der Waals surface area (Å²) < 4.78 is 5.21. The minimum absolute atomic E-state index is 0.106. The lowest BCUT2D eigenvalue weighted by molar-refractivity contribution is -0.117. The molecule has 2 aliphatic heterocycles. The lowest BCUT2D eigenvalue weighted by Gasteiger charge is -2.30. The number of nitrogens with one attached hydrogen (secondary N) is 2. The fourth-order valence-electron chi connectivity index (χ4n) is 3.02. The summed E-state index contributed by atoms with van der Waals surface area (Å²) in [7, 11) is 1.64. The summed E-state index contributed by atoms with van der Waals surface area (Å²) in [5.74, 6) is 1.19. The van der Waals surface area contributed by atoms with E-state index in [1.807, 2.05) is 12.1 Å². The molecule has 18 heavy (non-hydrogen) atoms. The molecule has 4 heteroatoms. The zero-order valence-electron chi connectivity index (χ0n) is 10.5. The Bertz CT molecular complexity index is 467. The molecule has 0 aliphatic carbocycles. The van der Waals surface area contributed by atoms with E-state index < -0.39 is 0 Å². The molecule has 1 aromatic rings. The minimum atomic E-state index is 0.106. The molecule has 1 fully saturated rings. The van der Waals surface area contributed by atoms with Crippen molar-refractivity contribution in [3.8, 4) is 5.75 Å². The number of anilines is 1. The molecule has 0 radical (unpaired) electrons. The van der Waals surface area contributed by atoms with Gasteiger partial charge in [0.2, 0.25) is 5.91 Å². The Labute approximate surface area is 107 Å². The van der Waals surface area contributed by atoms with E-state index in [4.69, 9.17) is 4.74 Å². The van der Waals surface area contributed by atoms with E-state index in [9.17, 15) is 4.79 Å². The molecular formula is C14H18N2O2. The van der Waals surface area contributed by atoms with Crippen LogP contribution in [0.2, 0.25) is 0 Å². The highest BCUT2D eigenvalue weighted by molar-refractivity contribution is 5.95. The van der Waals surface area contributed by atoms with Gasteiger partial charge in [-0.05, 0) is 31.0 Å². The van der Waals surface area contributed by atoms with Gasteiger partial charge in [-0.25, -0.2) is 0 Å². The number of hydrogen-bond acceptors (Lipinski definition) is 3. The van der Waals surface area contributed by atoms with Crippen LogP contribution in [-0.2, 0) is 4.79 Å². The van der Waals surface area contributed by atoms with Crippen LogP contribution in [0.4, 0.5) is 5.69 Å². The van der Waals surface area contributed by atoms with Gasteiger partial charge in [-0.2, -0.15) is 0 Å². The zero-order valence-corrected chi connectivity index (χ0v) is 10.5. The maximum atomic E-state index is 11.8. The van der Waals surface area contributed by atoms with Crippen molar-refractivity contribution in [1.82, 2.24) is 5.32 Å². The van der Waals surface area contributed by atoms with Gasteiger partial charge in [0, 0.05) is 30.1 Å². The highest BCUT2D eigenvalue weighted by Crippen LogP contribution is 2.38. The van der Waals surface area contributed by atoms with Crippen molar-refractivity contribution in [2.24, 2.45) is 0 Å². The number of carbonyl (C=O) groups excluding carboxylic acids is 1. The normalized spacial score (nSPS) is 26.6. The molecule has 0 aromatic heterocycles. The standard InChI is InChI=1S/C14H18N2O2/c1-18-9-4-5-10-11(12-3-2-6-15-12)8-14(17)16-13(10)7-9/h4-5,7,11-12,15H,2-3,6,8H2,1H3,(H,16,17). The van der Waals surface area contributed by atoms with E-state index in [1.54, 1.807) is 7.11 Å². The number of rotatable bonds is 2. The van der Waals surface area contributed by atoms with Crippen LogP contribution in [0.15, 0.2) is 18.2 Å². The van der Waals surface area contributed by atoms with Gasteiger partial charge in [0.15, 0.2) is 0 Å². The summed E-state index contributed by atoms with van der Waals surface area (Å²) in [6, 6.07) is 6.40. The largest absolute Gasteiger partial charge is 0.497 e. The second-order valence-electron chi connectivity index (χ2n) is 5.01. The molecule has 1 amide bonds. The molecule has 1 aromatic carbocycles. The van der Waals surface area contributed by atoms with Crippen molar-refractivity contribution >= 4 is 11.6 Å². The van der Waals surface area contributed by atoms with E-state index in [0.29, 0.717) is 18.4 Å². The lowest BCUT2D eigenvalue weighted by Crippen LogP contribution is -2.35. The third-order valence-electron chi connectivity index (χ3n) is 3.92. The molecule has 0 spiro atoms. The van der Waals surface area contributed by atoms with Crippen LogP contribution in [0.25, 0.3) is 0 Å². The van der Waals surface area contributed by atoms with E-state index >= 15 is 0 Å². The lowest BCUT2D eigenvalue weighted by atomic mass is 9.84. The molecule has 0 saturated carbocycles. The van der Waals surface area contributed by atoms with E-state index in [-0.39, 0.29) is 5.91 Å². The Kier molecular flexibility index (Phi) is 2.96. The van der Waals surface area contributed by atoms with E-state index in [1.165, 1.54) is 12.0 Å². The summed E-state index contributed by atoms with van der Waals surface area (Å²) in [5.41, 5.74) is 2.14. The maximum Gasteiger partial charge on any atom is 0.225 e. The molecule has 0 bridgehead atoms. The molecule has 1 saturated heterocycles. The molecule has 3 rings (SSSR count). The van der Waals surface area contributed by atoms with Crippen LogP contribution < -0.4 is 15.4 Å². The zero-order chi connectivity index (χ0) is 12.5. The molecule has 2 unspecified atom stereocenters. The van der Waals surface area contributed by atoms with E-state index in [2.05, 4.69) is 16.7 Å². The summed E-state index contributed by atoms with van der Waals surface area (Å²) in [6.45, 7) is 1.06. The van der Waals surface area contributed by atoms with Crippen LogP contribution >= 0.6 is 0 Å².